The fraction of sp³-hybridized carbons (Fsp3) is 0.536. The average Bonchev–Trinajstić information content (AvgIpc) is 2.89. The minimum absolute atomic E-state index is 0.00593. The van der Waals surface area contributed by atoms with Crippen molar-refractivity contribution < 1.29 is 22.8 Å². The number of piperidine rings is 2. The van der Waals surface area contributed by atoms with Gasteiger partial charge in [0.25, 0.3) is 5.91 Å². The van der Waals surface area contributed by atoms with Crippen LogP contribution in [0.25, 0.3) is 0 Å². The lowest BCUT2D eigenvalue weighted by Gasteiger charge is -2.38. The van der Waals surface area contributed by atoms with E-state index in [4.69, 9.17) is 11.6 Å². The van der Waals surface area contributed by atoms with E-state index in [0.717, 1.165) is 51.0 Å². The molecule has 1 aromatic heterocycles. The molecule has 2 aliphatic rings. The van der Waals surface area contributed by atoms with Gasteiger partial charge in [-0.05, 0) is 61.6 Å². The normalized spacial score (nSPS) is 18.4. The third-order valence-corrected chi connectivity index (χ3v) is 8.00. The standard InChI is InChI=1S/C28H34ClF3N4O2/c1-34(2)26(37)22-8-9-23(33-25(22)29)35-14-10-19(11-15-35)18-20-12-16-36(17-13-20)27(38)24(28(30,31)32)21-6-4-3-5-7-21/h3-9,19-20,24H,10-18H2,1-2H3. The average molecular weight is 551 g/mol. The largest absolute Gasteiger partial charge is 0.404 e. The van der Waals surface area contributed by atoms with Crippen LogP contribution in [-0.4, -0.2) is 73.0 Å². The number of alkyl halides is 3. The summed E-state index contributed by atoms with van der Waals surface area (Å²) in [6.45, 7) is 2.39. The van der Waals surface area contributed by atoms with Gasteiger partial charge in [-0.2, -0.15) is 13.2 Å². The van der Waals surface area contributed by atoms with Crippen molar-refractivity contribution in [1.29, 1.82) is 0 Å². The van der Waals surface area contributed by atoms with Crippen LogP contribution in [0.1, 0.15) is 53.9 Å². The number of carbonyl (C=O) groups excluding carboxylic acids is 2. The van der Waals surface area contributed by atoms with Crippen molar-refractivity contribution in [2.45, 2.75) is 44.2 Å². The zero-order chi connectivity index (χ0) is 27.4. The number of benzene rings is 1. The van der Waals surface area contributed by atoms with Crippen molar-refractivity contribution in [1.82, 2.24) is 14.8 Å². The quantitative estimate of drug-likeness (QED) is 0.438. The summed E-state index contributed by atoms with van der Waals surface area (Å²) in [5.41, 5.74) is 0.374. The molecule has 0 spiro atoms. The van der Waals surface area contributed by atoms with Crippen LogP contribution < -0.4 is 4.90 Å². The molecule has 0 bridgehead atoms. The molecule has 3 heterocycles. The Morgan fingerprint density at radius 3 is 2.08 bits per heavy atom. The third kappa shape index (κ3) is 6.60. The van der Waals surface area contributed by atoms with Gasteiger partial charge in [0.05, 0.1) is 5.56 Å². The molecule has 206 valence electrons. The molecule has 0 radical (unpaired) electrons. The first kappa shape index (κ1) is 28.2. The summed E-state index contributed by atoms with van der Waals surface area (Å²) in [7, 11) is 3.34. The van der Waals surface area contributed by atoms with Crippen LogP contribution in [0.5, 0.6) is 0 Å². The Hall–Kier alpha value is -2.81. The monoisotopic (exact) mass is 550 g/mol. The lowest BCUT2D eigenvalue weighted by Crippen LogP contribution is -2.45. The van der Waals surface area contributed by atoms with Gasteiger partial charge >= 0.3 is 6.18 Å². The highest BCUT2D eigenvalue weighted by Gasteiger charge is 2.48. The molecule has 2 fully saturated rings. The number of rotatable bonds is 6. The molecular formula is C28H34ClF3N4O2. The Labute approximate surface area is 226 Å². The van der Waals surface area contributed by atoms with Crippen molar-refractivity contribution in [3.8, 4) is 0 Å². The van der Waals surface area contributed by atoms with Crippen LogP contribution in [-0.2, 0) is 4.79 Å². The zero-order valence-corrected chi connectivity index (χ0v) is 22.5. The molecule has 1 unspecified atom stereocenters. The molecule has 2 amide bonds. The van der Waals surface area contributed by atoms with Crippen LogP contribution in [0.2, 0.25) is 5.15 Å². The number of halogens is 4. The molecule has 6 nitrogen and oxygen atoms in total. The van der Waals surface area contributed by atoms with Gasteiger partial charge in [0, 0.05) is 40.3 Å². The highest BCUT2D eigenvalue weighted by Crippen LogP contribution is 2.38. The van der Waals surface area contributed by atoms with E-state index >= 15 is 0 Å². The van der Waals surface area contributed by atoms with Gasteiger partial charge in [-0.15, -0.1) is 0 Å². The van der Waals surface area contributed by atoms with Crippen LogP contribution >= 0.6 is 11.6 Å². The van der Waals surface area contributed by atoms with E-state index in [-0.39, 0.29) is 16.6 Å². The molecule has 2 aliphatic heterocycles. The topological polar surface area (TPSA) is 56.8 Å². The summed E-state index contributed by atoms with van der Waals surface area (Å²) in [5.74, 6) is -1.46. The molecule has 1 aromatic carbocycles. The second-order valence-electron chi connectivity index (χ2n) is 10.5. The van der Waals surface area contributed by atoms with E-state index in [9.17, 15) is 22.8 Å². The van der Waals surface area contributed by atoms with Gasteiger partial charge in [0.2, 0.25) is 5.91 Å². The van der Waals surface area contributed by atoms with Gasteiger partial charge in [-0.3, -0.25) is 9.59 Å². The van der Waals surface area contributed by atoms with Gasteiger partial charge in [0.1, 0.15) is 11.0 Å². The van der Waals surface area contributed by atoms with Crippen molar-refractivity contribution in [2.75, 3.05) is 45.2 Å². The van der Waals surface area contributed by atoms with Gasteiger partial charge in [-0.1, -0.05) is 41.9 Å². The molecule has 2 aromatic rings. The van der Waals surface area contributed by atoms with Gasteiger partial charge < -0.3 is 14.7 Å². The molecule has 1 atom stereocenters. The molecule has 4 rings (SSSR count). The minimum atomic E-state index is -4.62. The van der Waals surface area contributed by atoms with E-state index in [1.807, 2.05) is 6.07 Å². The number of aromatic nitrogens is 1. The lowest BCUT2D eigenvalue weighted by molar-refractivity contribution is -0.173. The molecule has 0 saturated carbocycles. The highest BCUT2D eigenvalue weighted by molar-refractivity contribution is 6.32. The lowest BCUT2D eigenvalue weighted by atomic mass is 9.82. The maximum Gasteiger partial charge on any atom is 0.404 e. The number of pyridine rings is 1. The van der Waals surface area contributed by atoms with Crippen molar-refractivity contribution >= 4 is 29.2 Å². The Morgan fingerprint density at radius 1 is 0.974 bits per heavy atom. The van der Waals surface area contributed by atoms with E-state index in [2.05, 4.69) is 9.88 Å². The second kappa shape index (κ2) is 11.9. The van der Waals surface area contributed by atoms with Gasteiger partial charge in [-0.25, -0.2) is 4.98 Å². The first-order chi connectivity index (χ1) is 18.0. The summed E-state index contributed by atoms with van der Waals surface area (Å²) in [6, 6.07) is 11.0. The summed E-state index contributed by atoms with van der Waals surface area (Å²) in [6.07, 6.45) is -0.179. The predicted octanol–water partition coefficient (Wildman–Crippen LogP) is 5.63. The van der Waals surface area contributed by atoms with Crippen LogP contribution in [0.4, 0.5) is 19.0 Å². The molecule has 38 heavy (non-hydrogen) atoms. The number of anilines is 1. The maximum absolute atomic E-state index is 13.8. The summed E-state index contributed by atoms with van der Waals surface area (Å²) >= 11 is 6.28. The van der Waals surface area contributed by atoms with E-state index in [0.29, 0.717) is 30.5 Å². The number of likely N-dealkylation sites (tertiary alicyclic amines) is 1. The van der Waals surface area contributed by atoms with E-state index in [1.165, 1.54) is 34.1 Å². The number of hydrogen-bond acceptors (Lipinski definition) is 4. The number of nitrogens with zero attached hydrogens (tertiary/aromatic N) is 4. The molecule has 0 N–H and O–H groups in total. The van der Waals surface area contributed by atoms with Crippen LogP contribution in [0.15, 0.2) is 42.5 Å². The fourth-order valence-electron chi connectivity index (χ4n) is 5.56. The Balaban J connectivity index is 1.27. The summed E-state index contributed by atoms with van der Waals surface area (Å²) in [5, 5.41) is 0.199. The van der Waals surface area contributed by atoms with Crippen molar-refractivity contribution in [3.05, 3.63) is 58.7 Å². The molecular weight excluding hydrogens is 517 g/mol. The Morgan fingerprint density at radius 2 is 1.55 bits per heavy atom. The molecule has 10 heteroatoms. The van der Waals surface area contributed by atoms with E-state index in [1.54, 1.807) is 26.2 Å². The molecule has 2 saturated heterocycles. The maximum atomic E-state index is 13.8. The fourth-order valence-corrected chi connectivity index (χ4v) is 5.79. The summed E-state index contributed by atoms with van der Waals surface area (Å²) < 4.78 is 41.3. The first-order valence-corrected chi connectivity index (χ1v) is 13.5. The van der Waals surface area contributed by atoms with E-state index < -0.39 is 18.0 Å². The Kier molecular flexibility index (Phi) is 8.85. The third-order valence-electron chi connectivity index (χ3n) is 7.71. The van der Waals surface area contributed by atoms with Crippen molar-refractivity contribution in [3.63, 3.8) is 0 Å². The second-order valence-corrected chi connectivity index (χ2v) is 10.9. The smallest absolute Gasteiger partial charge is 0.357 e. The minimum Gasteiger partial charge on any atom is -0.357 e. The van der Waals surface area contributed by atoms with Crippen LogP contribution in [0.3, 0.4) is 0 Å². The number of hydrogen-bond donors (Lipinski definition) is 0. The van der Waals surface area contributed by atoms with Gasteiger partial charge in [0.15, 0.2) is 5.92 Å². The van der Waals surface area contributed by atoms with Crippen LogP contribution in [0, 0.1) is 11.8 Å². The zero-order valence-electron chi connectivity index (χ0n) is 21.8. The highest BCUT2D eigenvalue weighted by atomic mass is 35.5. The number of amides is 2. The summed E-state index contributed by atoms with van der Waals surface area (Å²) in [4.78, 5) is 34.6. The molecule has 0 aliphatic carbocycles. The Bertz CT molecular complexity index is 1110. The SMILES string of the molecule is CN(C)C(=O)c1ccc(N2CCC(CC3CCN(C(=O)C(c4ccccc4)C(F)(F)F)CC3)CC2)nc1Cl. The number of carbonyl (C=O) groups is 2. The predicted molar refractivity (Wildman–Crippen MR) is 141 cm³/mol. The first-order valence-electron chi connectivity index (χ1n) is 13.1. The van der Waals surface area contributed by atoms with Crippen molar-refractivity contribution in [2.24, 2.45) is 11.8 Å².